The maximum atomic E-state index is 11.3. The summed E-state index contributed by atoms with van der Waals surface area (Å²) in [7, 11) is 0. The molecular formula is C10H11NO. The molecule has 1 amide bonds. The van der Waals surface area contributed by atoms with E-state index in [0.717, 1.165) is 16.7 Å². The van der Waals surface area contributed by atoms with Crippen LogP contribution >= 0.6 is 0 Å². The number of benzene rings is 1. The van der Waals surface area contributed by atoms with E-state index in [1.165, 1.54) is 0 Å². The van der Waals surface area contributed by atoms with Crippen molar-refractivity contribution in [3.8, 4) is 0 Å². The minimum absolute atomic E-state index is 0.0567. The van der Waals surface area contributed by atoms with Crippen molar-refractivity contribution in [2.75, 3.05) is 0 Å². The first-order chi connectivity index (χ1) is 5.68. The van der Waals surface area contributed by atoms with Gasteiger partial charge in [-0.15, -0.1) is 0 Å². The van der Waals surface area contributed by atoms with Crippen molar-refractivity contribution in [3.05, 3.63) is 34.9 Å². The van der Waals surface area contributed by atoms with Crippen molar-refractivity contribution in [2.24, 2.45) is 0 Å². The van der Waals surface area contributed by atoms with Gasteiger partial charge in [0.05, 0.1) is 6.04 Å². The second kappa shape index (κ2) is 2.34. The first kappa shape index (κ1) is 7.35. The van der Waals surface area contributed by atoms with E-state index in [4.69, 9.17) is 0 Å². The molecule has 1 aromatic carbocycles. The fourth-order valence-electron chi connectivity index (χ4n) is 1.60. The van der Waals surface area contributed by atoms with E-state index in [-0.39, 0.29) is 11.9 Å². The minimum Gasteiger partial charge on any atom is -0.345 e. The standard InChI is InChI=1S/C10H11NO/c1-6-3-4-8-7(2)11-10(12)9(8)5-6/h3-5,7H,1-2H3,(H,11,12)/t7-/m1/s1. The van der Waals surface area contributed by atoms with Crippen LogP contribution in [0, 0.1) is 6.92 Å². The van der Waals surface area contributed by atoms with Crippen LogP contribution in [0.4, 0.5) is 0 Å². The zero-order valence-corrected chi connectivity index (χ0v) is 7.22. The maximum Gasteiger partial charge on any atom is 0.252 e. The number of carbonyl (C=O) groups excluding carboxylic acids is 1. The maximum absolute atomic E-state index is 11.3. The van der Waals surface area contributed by atoms with E-state index in [2.05, 4.69) is 5.32 Å². The third kappa shape index (κ3) is 0.916. The van der Waals surface area contributed by atoms with Crippen LogP contribution in [0.2, 0.25) is 0 Å². The molecule has 0 radical (unpaired) electrons. The fraction of sp³-hybridized carbons (Fsp3) is 0.300. The average Bonchev–Trinajstić information content (AvgIpc) is 2.28. The summed E-state index contributed by atoms with van der Waals surface area (Å²) in [6.45, 7) is 4.00. The largest absolute Gasteiger partial charge is 0.345 e. The van der Waals surface area contributed by atoms with Crippen LogP contribution < -0.4 is 5.32 Å². The molecule has 1 aliphatic heterocycles. The van der Waals surface area contributed by atoms with Gasteiger partial charge in [0, 0.05) is 5.56 Å². The first-order valence-electron chi connectivity index (χ1n) is 4.10. The molecule has 0 spiro atoms. The Kier molecular flexibility index (Phi) is 1.43. The normalized spacial score (nSPS) is 20.5. The lowest BCUT2D eigenvalue weighted by Gasteiger charge is -2.02. The number of fused-ring (bicyclic) bond motifs is 1. The van der Waals surface area contributed by atoms with Crippen molar-refractivity contribution < 1.29 is 4.79 Å². The Morgan fingerprint density at radius 1 is 1.42 bits per heavy atom. The molecule has 1 heterocycles. The number of aryl methyl sites for hydroxylation is 1. The summed E-state index contributed by atoms with van der Waals surface area (Å²) in [5.74, 6) is 0.0567. The number of carbonyl (C=O) groups is 1. The quantitative estimate of drug-likeness (QED) is 0.617. The minimum atomic E-state index is 0.0567. The number of amides is 1. The SMILES string of the molecule is Cc1ccc2c(c1)C(=O)N[C@@H]2C. The zero-order valence-electron chi connectivity index (χ0n) is 7.22. The topological polar surface area (TPSA) is 29.1 Å². The van der Waals surface area contributed by atoms with Crippen LogP contribution in [-0.2, 0) is 0 Å². The summed E-state index contributed by atoms with van der Waals surface area (Å²) in [6.07, 6.45) is 0. The van der Waals surface area contributed by atoms with E-state index in [0.29, 0.717) is 0 Å². The Labute approximate surface area is 71.6 Å². The summed E-state index contributed by atoms with van der Waals surface area (Å²) in [4.78, 5) is 11.3. The molecule has 0 bridgehead atoms. The van der Waals surface area contributed by atoms with Gasteiger partial charge in [-0.05, 0) is 25.5 Å². The summed E-state index contributed by atoms with van der Waals surface area (Å²) < 4.78 is 0. The Hall–Kier alpha value is -1.31. The van der Waals surface area contributed by atoms with E-state index >= 15 is 0 Å². The monoisotopic (exact) mass is 161 g/mol. The van der Waals surface area contributed by atoms with Gasteiger partial charge < -0.3 is 5.32 Å². The van der Waals surface area contributed by atoms with E-state index in [1.54, 1.807) is 0 Å². The molecule has 1 N–H and O–H groups in total. The Balaban J connectivity index is 2.60. The molecule has 1 aromatic rings. The molecule has 2 rings (SSSR count). The number of rotatable bonds is 0. The molecule has 0 aromatic heterocycles. The van der Waals surface area contributed by atoms with E-state index in [1.807, 2.05) is 32.0 Å². The van der Waals surface area contributed by atoms with Gasteiger partial charge in [0.1, 0.15) is 0 Å². The van der Waals surface area contributed by atoms with Gasteiger partial charge in [0.15, 0.2) is 0 Å². The highest BCUT2D eigenvalue weighted by Crippen LogP contribution is 2.25. The summed E-state index contributed by atoms with van der Waals surface area (Å²) in [6, 6.07) is 6.17. The van der Waals surface area contributed by atoms with Gasteiger partial charge in [-0.2, -0.15) is 0 Å². The second-order valence-corrected chi connectivity index (χ2v) is 3.29. The third-order valence-electron chi connectivity index (χ3n) is 2.27. The molecular weight excluding hydrogens is 150 g/mol. The van der Waals surface area contributed by atoms with Crippen LogP contribution in [0.3, 0.4) is 0 Å². The van der Waals surface area contributed by atoms with Crippen LogP contribution in [0.15, 0.2) is 18.2 Å². The van der Waals surface area contributed by atoms with Crippen LogP contribution in [0.1, 0.15) is 34.5 Å². The first-order valence-corrected chi connectivity index (χ1v) is 4.10. The van der Waals surface area contributed by atoms with Crippen molar-refractivity contribution in [2.45, 2.75) is 19.9 Å². The highest BCUT2D eigenvalue weighted by molar-refractivity contribution is 5.99. The number of nitrogens with one attached hydrogen (secondary N) is 1. The smallest absolute Gasteiger partial charge is 0.252 e. The highest BCUT2D eigenvalue weighted by atomic mass is 16.2. The van der Waals surface area contributed by atoms with Crippen LogP contribution in [-0.4, -0.2) is 5.91 Å². The van der Waals surface area contributed by atoms with Gasteiger partial charge >= 0.3 is 0 Å². The lowest BCUT2D eigenvalue weighted by atomic mass is 10.0. The van der Waals surface area contributed by atoms with Crippen molar-refractivity contribution >= 4 is 5.91 Å². The average molecular weight is 161 g/mol. The zero-order chi connectivity index (χ0) is 8.72. The summed E-state index contributed by atoms with van der Waals surface area (Å²) in [5.41, 5.74) is 3.09. The van der Waals surface area contributed by atoms with Gasteiger partial charge in [0.2, 0.25) is 0 Å². The molecule has 0 fully saturated rings. The van der Waals surface area contributed by atoms with Gasteiger partial charge in [0.25, 0.3) is 5.91 Å². The predicted octanol–water partition coefficient (Wildman–Crippen LogP) is 1.80. The van der Waals surface area contributed by atoms with Crippen molar-refractivity contribution in [1.82, 2.24) is 5.32 Å². The molecule has 1 atom stereocenters. The second-order valence-electron chi connectivity index (χ2n) is 3.29. The predicted molar refractivity (Wildman–Crippen MR) is 47.1 cm³/mol. The van der Waals surface area contributed by atoms with E-state index in [9.17, 15) is 4.79 Å². The molecule has 2 nitrogen and oxygen atoms in total. The molecule has 0 unspecified atom stereocenters. The Morgan fingerprint density at radius 3 is 2.92 bits per heavy atom. The molecule has 0 saturated carbocycles. The Bertz CT molecular complexity index is 344. The Morgan fingerprint density at radius 2 is 2.17 bits per heavy atom. The molecule has 2 heteroatoms. The lowest BCUT2D eigenvalue weighted by molar-refractivity contribution is 0.0958. The molecule has 12 heavy (non-hydrogen) atoms. The fourth-order valence-corrected chi connectivity index (χ4v) is 1.60. The summed E-state index contributed by atoms with van der Waals surface area (Å²) in [5, 5.41) is 2.87. The number of hydrogen-bond acceptors (Lipinski definition) is 1. The highest BCUT2D eigenvalue weighted by Gasteiger charge is 2.24. The summed E-state index contributed by atoms with van der Waals surface area (Å²) >= 11 is 0. The van der Waals surface area contributed by atoms with Crippen molar-refractivity contribution in [3.63, 3.8) is 0 Å². The van der Waals surface area contributed by atoms with Crippen LogP contribution in [0.25, 0.3) is 0 Å². The molecule has 0 aliphatic carbocycles. The number of hydrogen-bond donors (Lipinski definition) is 1. The van der Waals surface area contributed by atoms with Gasteiger partial charge in [-0.3, -0.25) is 4.79 Å². The third-order valence-corrected chi connectivity index (χ3v) is 2.27. The molecule has 0 saturated heterocycles. The lowest BCUT2D eigenvalue weighted by Crippen LogP contribution is -2.16. The van der Waals surface area contributed by atoms with Crippen LogP contribution in [0.5, 0.6) is 0 Å². The van der Waals surface area contributed by atoms with Crippen molar-refractivity contribution in [1.29, 1.82) is 0 Å². The molecule has 1 aliphatic rings. The van der Waals surface area contributed by atoms with Gasteiger partial charge in [-0.25, -0.2) is 0 Å². The van der Waals surface area contributed by atoms with E-state index < -0.39 is 0 Å². The van der Waals surface area contributed by atoms with Gasteiger partial charge in [-0.1, -0.05) is 17.7 Å². The molecule has 62 valence electrons.